The van der Waals surface area contributed by atoms with Crippen molar-refractivity contribution in [2.45, 2.75) is 51.7 Å². The zero-order chi connectivity index (χ0) is 12.3. The molecule has 2 rings (SSSR count). The molecule has 1 aromatic heterocycles. The summed E-state index contributed by atoms with van der Waals surface area (Å²) in [7, 11) is 0. The molecule has 0 saturated heterocycles. The van der Waals surface area contributed by atoms with Gasteiger partial charge >= 0.3 is 0 Å². The molecule has 2 unspecified atom stereocenters. The lowest BCUT2D eigenvalue weighted by Crippen LogP contribution is -2.21. The van der Waals surface area contributed by atoms with Gasteiger partial charge in [-0.2, -0.15) is 4.98 Å². The Balaban J connectivity index is 2.00. The van der Waals surface area contributed by atoms with Gasteiger partial charge in [0.2, 0.25) is 11.7 Å². The smallest absolute Gasteiger partial charge is 0.228 e. The van der Waals surface area contributed by atoms with Crippen molar-refractivity contribution >= 4 is 0 Å². The Hall–Kier alpha value is -0.940. The number of ether oxygens (including phenoxy) is 1. The van der Waals surface area contributed by atoms with Crippen molar-refractivity contribution in [1.29, 1.82) is 0 Å². The average Bonchev–Trinajstić information content (AvgIpc) is 3.06. The van der Waals surface area contributed by atoms with E-state index in [0.717, 1.165) is 6.42 Å². The molecule has 96 valence electrons. The molecule has 0 bridgehead atoms. The molecule has 1 aromatic rings. The van der Waals surface area contributed by atoms with Crippen molar-refractivity contribution in [2.24, 2.45) is 11.7 Å². The van der Waals surface area contributed by atoms with Crippen molar-refractivity contribution in [1.82, 2.24) is 10.1 Å². The van der Waals surface area contributed by atoms with Crippen LogP contribution in [0.2, 0.25) is 0 Å². The third kappa shape index (κ3) is 3.26. The Kier molecular flexibility index (Phi) is 4.12. The van der Waals surface area contributed by atoms with Gasteiger partial charge in [0.15, 0.2) is 0 Å². The highest BCUT2D eigenvalue weighted by molar-refractivity contribution is 4.99. The molecule has 0 aromatic carbocycles. The predicted molar refractivity (Wildman–Crippen MR) is 63.4 cm³/mol. The lowest BCUT2D eigenvalue weighted by atomic mass is 10.2. The van der Waals surface area contributed by atoms with Crippen LogP contribution >= 0.6 is 0 Å². The Morgan fingerprint density at radius 3 is 2.82 bits per heavy atom. The van der Waals surface area contributed by atoms with Gasteiger partial charge in [-0.25, -0.2) is 0 Å². The summed E-state index contributed by atoms with van der Waals surface area (Å²) in [6, 6.07) is 0.0924. The molecule has 5 nitrogen and oxygen atoms in total. The highest BCUT2D eigenvalue weighted by Gasteiger charge is 2.36. The third-order valence-corrected chi connectivity index (χ3v) is 3.10. The van der Waals surface area contributed by atoms with Gasteiger partial charge in [-0.3, -0.25) is 0 Å². The number of rotatable bonds is 7. The van der Waals surface area contributed by atoms with Gasteiger partial charge in [-0.15, -0.1) is 0 Å². The van der Waals surface area contributed by atoms with Crippen LogP contribution in [0.3, 0.4) is 0 Å². The lowest BCUT2D eigenvalue weighted by molar-refractivity contribution is 0.0384. The molecule has 0 aliphatic heterocycles. The van der Waals surface area contributed by atoms with Crippen molar-refractivity contribution in [3.05, 3.63) is 11.7 Å². The molecule has 1 aliphatic carbocycles. The van der Waals surface area contributed by atoms with Crippen LogP contribution in [0.4, 0.5) is 0 Å². The fraction of sp³-hybridized carbons (Fsp3) is 0.833. The van der Waals surface area contributed by atoms with Gasteiger partial charge < -0.3 is 15.0 Å². The molecule has 5 heteroatoms. The van der Waals surface area contributed by atoms with E-state index in [1.54, 1.807) is 0 Å². The van der Waals surface area contributed by atoms with Crippen molar-refractivity contribution in [2.75, 3.05) is 6.61 Å². The molecule has 0 radical (unpaired) electrons. The summed E-state index contributed by atoms with van der Waals surface area (Å²) in [5.41, 5.74) is 5.86. The summed E-state index contributed by atoms with van der Waals surface area (Å²) >= 11 is 0. The lowest BCUT2D eigenvalue weighted by Gasteiger charge is -2.11. The van der Waals surface area contributed by atoms with Crippen LogP contribution in [0.15, 0.2) is 4.52 Å². The number of aromatic nitrogens is 2. The van der Waals surface area contributed by atoms with E-state index in [9.17, 15) is 0 Å². The molecule has 1 fully saturated rings. The van der Waals surface area contributed by atoms with Crippen LogP contribution in [0.1, 0.15) is 50.9 Å². The SMILES string of the molecule is CCOC(c1noc(CC(N)CC)n1)C1CC1. The molecule has 0 spiro atoms. The summed E-state index contributed by atoms with van der Waals surface area (Å²) in [6.07, 6.45) is 3.96. The molecule has 1 aliphatic rings. The van der Waals surface area contributed by atoms with Gasteiger partial charge in [-0.1, -0.05) is 12.1 Å². The van der Waals surface area contributed by atoms with E-state index in [1.165, 1.54) is 12.8 Å². The Morgan fingerprint density at radius 1 is 1.47 bits per heavy atom. The highest BCUT2D eigenvalue weighted by Crippen LogP contribution is 2.42. The minimum Gasteiger partial charge on any atom is -0.370 e. The number of nitrogens with two attached hydrogens (primary N) is 1. The predicted octanol–water partition coefficient (Wildman–Crippen LogP) is 1.84. The quantitative estimate of drug-likeness (QED) is 0.785. The number of hydrogen-bond donors (Lipinski definition) is 1. The van der Waals surface area contributed by atoms with Crippen LogP contribution in [0.5, 0.6) is 0 Å². The molecule has 17 heavy (non-hydrogen) atoms. The van der Waals surface area contributed by atoms with Crippen LogP contribution < -0.4 is 5.73 Å². The van der Waals surface area contributed by atoms with E-state index in [1.807, 2.05) is 6.92 Å². The summed E-state index contributed by atoms with van der Waals surface area (Å²) in [5.74, 6) is 1.88. The van der Waals surface area contributed by atoms with E-state index in [2.05, 4.69) is 17.1 Å². The van der Waals surface area contributed by atoms with Crippen LogP contribution in [0, 0.1) is 5.92 Å². The maximum absolute atomic E-state index is 5.86. The summed E-state index contributed by atoms with van der Waals surface area (Å²) in [5, 5.41) is 4.02. The summed E-state index contributed by atoms with van der Waals surface area (Å²) in [4.78, 5) is 4.40. The minimum absolute atomic E-state index is 0.00958. The van der Waals surface area contributed by atoms with E-state index in [0.29, 0.717) is 30.7 Å². The fourth-order valence-corrected chi connectivity index (χ4v) is 1.84. The van der Waals surface area contributed by atoms with E-state index in [4.69, 9.17) is 15.0 Å². The van der Waals surface area contributed by atoms with E-state index >= 15 is 0 Å². The first-order chi connectivity index (χ1) is 8.24. The standard InChI is InChI=1S/C12H21N3O2/c1-3-9(13)7-10-14-12(15-17-10)11(16-4-2)8-5-6-8/h8-9,11H,3-7,13H2,1-2H3. The largest absolute Gasteiger partial charge is 0.370 e. The van der Waals surface area contributed by atoms with Gasteiger partial charge in [0.25, 0.3) is 0 Å². The van der Waals surface area contributed by atoms with Gasteiger partial charge in [0.05, 0.1) is 0 Å². The second-order valence-electron chi connectivity index (χ2n) is 4.63. The van der Waals surface area contributed by atoms with Gasteiger partial charge in [0, 0.05) is 19.1 Å². The third-order valence-electron chi connectivity index (χ3n) is 3.10. The van der Waals surface area contributed by atoms with Gasteiger partial charge in [-0.05, 0) is 32.1 Å². The first-order valence-corrected chi connectivity index (χ1v) is 6.44. The summed E-state index contributed by atoms with van der Waals surface area (Å²) < 4.78 is 10.9. The molecular weight excluding hydrogens is 218 g/mol. The topological polar surface area (TPSA) is 74.2 Å². The Morgan fingerprint density at radius 2 is 2.24 bits per heavy atom. The first-order valence-electron chi connectivity index (χ1n) is 6.44. The molecule has 1 heterocycles. The number of nitrogens with zero attached hydrogens (tertiary/aromatic N) is 2. The monoisotopic (exact) mass is 239 g/mol. The normalized spacial score (nSPS) is 19.2. The van der Waals surface area contributed by atoms with E-state index in [-0.39, 0.29) is 12.1 Å². The second kappa shape index (κ2) is 5.60. The summed E-state index contributed by atoms with van der Waals surface area (Å²) in [6.45, 7) is 4.72. The zero-order valence-corrected chi connectivity index (χ0v) is 10.6. The maximum atomic E-state index is 5.86. The van der Waals surface area contributed by atoms with Crippen molar-refractivity contribution in [3.63, 3.8) is 0 Å². The van der Waals surface area contributed by atoms with E-state index < -0.39 is 0 Å². The van der Waals surface area contributed by atoms with Crippen molar-refractivity contribution < 1.29 is 9.26 Å². The zero-order valence-electron chi connectivity index (χ0n) is 10.6. The molecule has 2 N–H and O–H groups in total. The molecule has 2 atom stereocenters. The van der Waals surface area contributed by atoms with Crippen LogP contribution in [0.25, 0.3) is 0 Å². The first kappa shape index (κ1) is 12.5. The number of hydrogen-bond acceptors (Lipinski definition) is 5. The molecular formula is C12H21N3O2. The van der Waals surface area contributed by atoms with Crippen molar-refractivity contribution in [3.8, 4) is 0 Å². The minimum atomic E-state index is 0.00958. The maximum Gasteiger partial charge on any atom is 0.228 e. The highest BCUT2D eigenvalue weighted by atomic mass is 16.5. The van der Waals surface area contributed by atoms with Gasteiger partial charge in [0.1, 0.15) is 6.10 Å². The average molecular weight is 239 g/mol. The Bertz CT molecular complexity index is 349. The molecule has 0 amide bonds. The fourth-order valence-electron chi connectivity index (χ4n) is 1.84. The van der Waals surface area contributed by atoms with Crippen LogP contribution in [-0.2, 0) is 11.2 Å². The Labute approximate surface area is 102 Å². The second-order valence-corrected chi connectivity index (χ2v) is 4.63. The molecule has 1 saturated carbocycles. The van der Waals surface area contributed by atoms with Crippen LogP contribution in [-0.4, -0.2) is 22.8 Å².